The van der Waals surface area contributed by atoms with Gasteiger partial charge in [0.25, 0.3) is 5.91 Å². The molecule has 1 heterocycles. The summed E-state index contributed by atoms with van der Waals surface area (Å²) >= 11 is 0. The summed E-state index contributed by atoms with van der Waals surface area (Å²) < 4.78 is 0. The van der Waals surface area contributed by atoms with Crippen molar-refractivity contribution in [2.75, 3.05) is 32.5 Å². The van der Waals surface area contributed by atoms with Crippen LogP contribution in [0.5, 0.6) is 0 Å². The Bertz CT molecular complexity index is 672. The van der Waals surface area contributed by atoms with Gasteiger partial charge in [-0.3, -0.25) is 4.79 Å². The van der Waals surface area contributed by atoms with Gasteiger partial charge in [0.2, 0.25) is 5.95 Å². The zero-order valence-corrected chi connectivity index (χ0v) is 14.7. The molecule has 0 aliphatic carbocycles. The lowest BCUT2D eigenvalue weighted by Crippen LogP contribution is -2.28. The van der Waals surface area contributed by atoms with Crippen LogP contribution in [0.1, 0.15) is 34.7 Å². The van der Waals surface area contributed by atoms with Crippen molar-refractivity contribution in [1.29, 1.82) is 0 Å². The van der Waals surface area contributed by atoms with E-state index < -0.39 is 0 Å². The van der Waals surface area contributed by atoms with Gasteiger partial charge in [0, 0.05) is 18.8 Å². The lowest BCUT2D eigenvalue weighted by atomic mass is 10.1. The third-order valence-electron chi connectivity index (χ3n) is 3.58. The Kier molecular flexibility index (Phi) is 6.26. The summed E-state index contributed by atoms with van der Waals surface area (Å²) in [5.74, 6) is 0.280. The van der Waals surface area contributed by atoms with E-state index in [1.165, 1.54) is 0 Å². The molecule has 2 N–H and O–H groups in total. The predicted octanol–water partition coefficient (Wildman–Crippen LogP) is 2.25. The minimum atomic E-state index is -0.201. The Morgan fingerprint density at radius 2 is 1.92 bits per heavy atom. The van der Waals surface area contributed by atoms with Crippen molar-refractivity contribution in [1.82, 2.24) is 20.2 Å². The van der Waals surface area contributed by atoms with Crippen LogP contribution in [-0.2, 0) is 0 Å². The standard InChI is InChI=1S/C18H25N5O/c1-13-12-16(22-18(20-13)19-10-11-23(3)4)17(24)21-14(2)15-8-6-5-7-9-15/h5-9,12,14H,10-11H2,1-4H3,(H,21,24)(H,19,20,22). The fourth-order valence-electron chi connectivity index (χ4n) is 2.25. The second-order valence-electron chi connectivity index (χ2n) is 6.05. The van der Waals surface area contributed by atoms with Crippen LogP contribution in [0.2, 0.25) is 0 Å². The van der Waals surface area contributed by atoms with Gasteiger partial charge in [0.1, 0.15) is 5.69 Å². The maximum atomic E-state index is 12.5. The van der Waals surface area contributed by atoms with Gasteiger partial charge in [-0.15, -0.1) is 0 Å². The monoisotopic (exact) mass is 327 g/mol. The highest BCUT2D eigenvalue weighted by molar-refractivity contribution is 5.92. The zero-order chi connectivity index (χ0) is 17.5. The van der Waals surface area contributed by atoms with Crippen LogP contribution in [0.4, 0.5) is 5.95 Å². The second kappa shape index (κ2) is 8.40. The van der Waals surface area contributed by atoms with Crippen LogP contribution in [0.25, 0.3) is 0 Å². The molecule has 128 valence electrons. The number of carbonyl (C=O) groups is 1. The Morgan fingerprint density at radius 3 is 2.58 bits per heavy atom. The minimum absolute atomic E-state index is 0.0841. The molecule has 24 heavy (non-hydrogen) atoms. The van der Waals surface area contributed by atoms with E-state index in [4.69, 9.17) is 0 Å². The van der Waals surface area contributed by atoms with E-state index in [-0.39, 0.29) is 11.9 Å². The van der Waals surface area contributed by atoms with Crippen molar-refractivity contribution >= 4 is 11.9 Å². The fraction of sp³-hybridized carbons (Fsp3) is 0.389. The Morgan fingerprint density at radius 1 is 1.21 bits per heavy atom. The molecule has 0 spiro atoms. The number of likely N-dealkylation sites (N-methyl/N-ethyl adjacent to an activating group) is 1. The molecule has 0 aliphatic heterocycles. The number of nitrogens with zero attached hydrogens (tertiary/aromatic N) is 3. The third kappa shape index (κ3) is 5.31. The molecule has 1 unspecified atom stereocenters. The third-order valence-corrected chi connectivity index (χ3v) is 3.58. The van der Waals surface area contributed by atoms with Gasteiger partial charge in [0.05, 0.1) is 6.04 Å². The number of benzene rings is 1. The maximum Gasteiger partial charge on any atom is 0.270 e. The number of aryl methyl sites for hydroxylation is 1. The van der Waals surface area contributed by atoms with E-state index in [0.29, 0.717) is 11.6 Å². The first-order valence-electron chi connectivity index (χ1n) is 8.06. The van der Waals surface area contributed by atoms with E-state index in [2.05, 4.69) is 25.5 Å². The van der Waals surface area contributed by atoms with Crippen LogP contribution in [0, 0.1) is 6.92 Å². The molecule has 2 rings (SSSR count). The van der Waals surface area contributed by atoms with Crippen molar-refractivity contribution < 1.29 is 4.79 Å². The number of anilines is 1. The first-order valence-corrected chi connectivity index (χ1v) is 8.06. The number of rotatable bonds is 7. The summed E-state index contributed by atoms with van der Waals surface area (Å²) in [5, 5.41) is 6.13. The Hall–Kier alpha value is -2.47. The summed E-state index contributed by atoms with van der Waals surface area (Å²) in [6.45, 7) is 5.40. The van der Waals surface area contributed by atoms with Crippen LogP contribution in [0.15, 0.2) is 36.4 Å². The van der Waals surface area contributed by atoms with E-state index in [9.17, 15) is 4.79 Å². The molecule has 1 aromatic heterocycles. The molecule has 0 aliphatic rings. The summed E-state index contributed by atoms with van der Waals surface area (Å²) in [6.07, 6.45) is 0. The summed E-state index contributed by atoms with van der Waals surface area (Å²) in [5.41, 5.74) is 2.19. The van der Waals surface area contributed by atoms with Crippen LogP contribution in [-0.4, -0.2) is 48.0 Å². The summed E-state index contributed by atoms with van der Waals surface area (Å²) in [7, 11) is 4.01. The van der Waals surface area contributed by atoms with Gasteiger partial charge >= 0.3 is 0 Å². The van der Waals surface area contributed by atoms with Gasteiger partial charge in [-0.25, -0.2) is 9.97 Å². The Labute approximate surface area is 143 Å². The Balaban J connectivity index is 2.04. The van der Waals surface area contributed by atoms with Crippen molar-refractivity contribution in [3.8, 4) is 0 Å². The highest BCUT2D eigenvalue weighted by Gasteiger charge is 2.14. The smallest absolute Gasteiger partial charge is 0.270 e. The topological polar surface area (TPSA) is 70.2 Å². The SMILES string of the molecule is Cc1cc(C(=O)NC(C)c2ccccc2)nc(NCCN(C)C)n1. The molecule has 0 radical (unpaired) electrons. The van der Waals surface area contributed by atoms with Crippen molar-refractivity contribution in [3.63, 3.8) is 0 Å². The van der Waals surface area contributed by atoms with Crippen molar-refractivity contribution in [2.24, 2.45) is 0 Å². The number of aromatic nitrogens is 2. The van der Waals surface area contributed by atoms with Gasteiger partial charge in [-0.2, -0.15) is 0 Å². The molecule has 6 heteroatoms. The molecule has 2 aromatic rings. The summed E-state index contributed by atoms with van der Waals surface area (Å²) in [6, 6.07) is 11.5. The number of nitrogens with one attached hydrogen (secondary N) is 2. The normalized spacial score (nSPS) is 12.0. The average Bonchev–Trinajstić information content (AvgIpc) is 2.54. The molecule has 0 bridgehead atoms. The van der Waals surface area contributed by atoms with E-state index >= 15 is 0 Å². The second-order valence-corrected chi connectivity index (χ2v) is 6.05. The number of carbonyl (C=O) groups excluding carboxylic acids is 1. The first-order chi connectivity index (χ1) is 11.5. The van der Waals surface area contributed by atoms with Gasteiger partial charge in [0.15, 0.2) is 0 Å². The maximum absolute atomic E-state index is 12.5. The molecular formula is C18H25N5O. The van der Waals surface area contributed by atoms with Crippen molar-refractivity contribution in [3.05, 3.63) is 53.3 Å². The number of hydrogen-bond donors (Lipinski definition) is 2. The molecule has 1 aromatic carbocycles. The largest absolute Gasteiger partial charge is 0.353 e. The van der Waals surface area contributed by atoms with Crippen LogP contribution < -0.4 is 10.6 Å². The molecule has 0 saturated heterocycles. The average molecular weight is 327 g/mol. The molecule has 1 atom stereocenters. The lowest BCUT2D eigenvalue weighted by Gasteiger charge is -2.15. The quantitative estimate of drug-likeness (QED) is 0.816. The highest BCUT2D eigenvalue weighted by Crippen LogP contribution is 2.12. The zero-order valence-electron chi connectivity index (χ0n) is 14.7. The number of hydrogen-bond acceptors (Lipinski definition) is 5. The molecule has 0 saturated carbocycles. The van der Waals surface area contributed by atoms with Gasteiger partial charge in [-0.05, 0) is 39.6 Å². The van der Waals surface area contributed by atoms with E-state index in [0.717, 1.165) is 24.3 Å². The lowest BCUT2D eigenvalue weighted by molar-refractivity contribution is 0.0934. The van der Waals surface area contributed by atoms with Gasteiger partial charge < -0.3 is 15.5 Å². The molecule has 1 amide bonds. The summed E-state index contributed by atoms with van der Waals surface area (Å²) in [4.78, 5) is 23.2. The van der Waals surface area contributed by atoms with Crippen molar-refractivity contribution in [2.45, 2.75) is 19.9 Å². The fourth-order valence-corrected chi connectivity index (χ4v) is 2.25. The first kappa shape index (κ1) is 17.9. The highest BCUT2D eigenvalue weighted by atomic mass is 16.1. The van der Waals surface area contributed by atoms with Crippen LogP contribution in [0.3, 0.4) is 0 Å². The van der Waals surface area contributed by atoms with E-state index in [1.54, 1.807) is 6.07 Å². The number of amides is 1. The van der Waals surface area contributed by atoms with Gasteiger partial charge in [-0.1, -0.05) is 30.3 Å². The van der Waals surface area contributed by atoms with Crippen LogP contribution >= 0.6 is 0 Å². The predicted molar refractivity (Wildman–Crippen MR) is 96.1 cm³/mol. The van der Waals surface area contributed by atoms with E-state index in [1.807, 2.05) is 58.3 Å². The molecule has 6 nitrogen and oxygen atoms in total. The molecular weight excluding hydrogens is 302 g/mol. The minimum Gasteiger partial charge on any atom is -0.353 e. The molecule has 0 fully saturated rings.